The Balaban J connectivity index is 1.31. The smallest absolute Gasteiger partial charge is 0.301 e. The second-order valence-corrected chi connectivity index (χ2v) is 20.7. The minimum absolute atomic E-state index is 0.192. The topological polar surface area (TPSA) is 117 Å². The van der Waals surface area contributed by atoms with Crippen molar-refractivity contribution in [3.05, 3.63) is 65.7 Å². The summed E-state index contributed by atoms with van der Waals surface area (Å²) >= 11 is 6.75. The van der Waals surface area contributed by atoms with Crippen LogP contribution in [-0.4, -0.2) is 82.4 Å². The number of benzene rings is 2. The molecule has 44 heavy (non-hydrogen) atoms. The number of aliphatic hydroxyl groups excluding tert-OH is 1. The van der Waals surface area contributed by atoms with Crippen molar-refractivity contribution in [1.29, 1.82) is 0 Å². The molecule has 0 bridgehead atoms. The molecular weight excluding hydrogens is 620 g/mol. The third kappa shape index (κ3) is 6.71. The van der Waals surface area contributed by atoms with Gasteiger partial charge in [-0.05, 0) is 36.4 Å². The summed E-state index contributed by atoms with van der Waals surface area (Å²) in [6, 6.07) is 19.7. The highest BCUT2D eigenvalue weighted by Crippen LogP contribution is 2.34. The van der Waals surface area contributed by atoms with E-state index in [0.29, 0.717) is 45.1 Å². The Bertz CT molecular complexity index is 1760. The lowest BCUT2D eigenvalue weighted by atomic mass is 10.1. The van der Waals surface area contributed by atoms with Crippen molar-refractivity contribution in [1.82, 2.24) is 14.5 Å². The second kappa shape index (κ2) is 12.5. The molecular formula is C31H37ClN4O6SSi. The fourth-order valence-corrected chi connectivity index (χ4v) is 7.54. The number of halogens is 1. The van der Waals surface area contributed by atoms with Crippen LogP contribution in [-0.2, 0) is 30.7 Å². The SMILES string of the molecule is C[Si](C)(C)CCOCn1c(O[C@@H]2CO[C@H]3[C@@H]2OC[C@H]3O)nc2cc(Cl)c(-c3ccc(N=[S@@](C)(=O)c4ccccc4)cc3)nc21. The first-order chi connectivity index (χ1) is 21.0. The van der Waals surface area contributed by atoms with E-state index in [1.165, 1.54) is 0 Å². The molecule has 2 aliphatic heterocycles. The van der Waals surface area contributed by atoms with Crippen molar-refractivity contribution in [3.8, 4) is 17.3 Å². The van der Waals surface area contributed by atoms with Crippen LogP contribution in [0.15, 0.2) is 69.9 Å². The number of nitrogens with zero attached hydrogens (tertiary/aromatic N) is 4. The van der Waals surface area contributed by atoms with Gasteiger partial charge >= 0.3 is 6.01 Å². The number of rotatable bonds is 10. The van der Waals surface area contributed by atoms with Crippen molar-refractivity contribution < 1.29 is 28.3 Å². The maximum absolute atomic E-state index is 13.3. The quantitative estimate of drug-likeness (QED) is 0.169. The highest BCUT2D eigenvalue weighted by Gasteiger charge is 2.49. The predicted octanol–water partition coefficient (Wildman–Crippen LogP) is 5.76. The first-order valence-electron chi connectivity index (χ1n) is 14.6. The number of aliphatic hydroxyl groups is 1. The summed E-state index contributed by atoms with van der Waals surface area (Å²) in [5, 5.41) is 10.6. The Morgan fingerprint density at radius 3 is 2.52 bits per heavy atom. The van der Waals surface area contributed by atoms with Crippen molar-refractivity contribution in [2.45, 2.75) is 61.7 Å². The van der Waals surface area contributed by atoms with E-state index >= 15 is 0 Å². The number of pyridine rings is 1. The monoisotopic (exact) mass is 656 g/mol. The van der Waals surface area contributed by atoms with Gasteiger partial charge in [-0.15, -0.1) is 0 Å². The summed E-state index contributed by atoms with van der Waals surface area (Å²) in [6.45, 7) is 8.20. The molecule has 0 spiro atoms. The molecule has 2 aromatic heterocycles. The van der Waals surface area contributed by atoms with Crippen molar-refractivity contribution in [3.63, 3.8) is 0 Å². The standard InChI is InChI=1S/C31H37ClN4O6SSi/c1-43(38,22-8-6-5-7-9-22)35-21-12-10-20(11-13-21)27-23(32)16-24-30(34-27)36(19-39-14-15-44(2,3)4)31(33-24)42-26-18-41-28-25(37)17-40-29(26)28/h5-13,16,25-26,28-29,37H,14-15,17-19H2,1-4H3/t25-,26-,28-,29-,43+/m1/s1. The molecule has 4 aromatic rings. The van der Waals surface area contributed by atoms with E-state index in [9.17, 15) is 9.32 Å². The molecule has 2 aromatic carbocycles. The Labute approximate surface area is 263 Å². The molecule has 2 aliphatic rings. The third-order valence-corrected chi connectivity index (χ3v) is 11.4. The molecule has 5 atom stereocenters. The molecule has 13 heteroatoms. The fourth-order valence-electron chi connectivity index (χ4n) is 5.23. The van der Waals surface area contributed by atoms with Crippen LogP contribution in [0.4, 0.5) is 5.69 Å². The Kier molecular flexibility index (Phi) is 8.86. The zero-order valence-corrected chi connectivity index (χ0v) is 27.8. The van der Waals surface area contributed by atoms with E-state index < -0.39 is 36.1 Å². The van der Waals surface area contributed by atoms with Crippen LogP contribution in [0.3, 0.4) is 0 Å². The molecule has 0 saturated carbocycles. The average molecular weight is 657 g/mol. The van der Waals surface area contributed by atoms with Crippen LogP contribution in [0, 0.1) is 0 Å². The molecule has 234 valence electrons. The molecule has 4 heterocycles. The molecule has 0 radical (unpaired) electrons. The molecule has 10 nitrogen and oxygen atoms in total. The summed E-state index contributed by atoms with van der Waals surface area (Å²) in [4.78, 5) is 10.3. The number of aromatic nitrogens is 3. The molecule has 1 N–H and O–H groups in total. The summed E-state index contributed by atoms with van der Waals surface area (Å²) < 4.78 is 43.5. The average Bonchev–Trinajstić information content (AvgIpc) is 3.66. The summed E-state index contributed by atoms with van der Waals surface area (Å²) in [6.07, 6.45) is -0.295. The first kappa shape index (κ1) is 31.2. The van der Waals surface area contributed by atoms with E-state index in [0.717, 1.165) is 11.6 Å². The van der Waals surface area contributed by atoms with Crippen LogP contribution in [0.5, 0.6) is 6.01 Å². The van der Waals surface area contributed by atoms with Gasteiger partial charge in [0, 0.05) is 31.4 Å². The number of fused-ring (bicyclic) bond motifs is 2. The lowest BCUT2D eigenvalue weighted by molar-refractivity contribution is 0.00336. The van der Waals surface area contributed by atoms with E-state index in [4.69, 9.17) is 40.5 Å². The Hall–Kier alpha value is -2.84. The van der Waals surface area contributed by atoms with Gasteiger partial charge < -0.3 is 24.1 Å². The zero-order chi connectivity index (χ0) is 31.1. The Morgan fingerprint density at radius 2 is 1.80 bits per heavy atom. The first-order valence-corrected chi connectivity index (χ1v) is 20.6. The van der Waals surface area contributed by atoms with Gasteiger partial charge in [0.2, 0.25) is 0 Å². The normalized spacial score (nSPS) is 23.0. The predicted molar refractivity (Wildman–Crippen MR) is 173 cm³/mol. The van der Waals surface area contributed by atoms with Crippen molar-refractivity contribution >= 4 is 46.3 Å². The summed E-state index contributed by atoms with van der Waals surface area (Å²) in [5.74, 6) is 0. The zero-order valence-electron chi connectivity index (χ0n) is 25.2. The van der Waals surface area contributed by atoms with Gasteiger partial charge in [-0.2, -0.15) is 9.35 Å². The van der Waals surface area contributed by atoms with Gasteiger partial charge in [-0.25, -0.2) is 9.19 Å². The van der Waals surface area contributed by atoms with Gasteiger partial charge in [-0.3, -0.25) is 4.57 Å². The van der Waals surface area contributed by atoms with Crippen LogP contribution < -0.4 is 4.74 Å². The highest BCUT2D eigenvalue weighted by molar-refractivity contribution is 7.93. The molecule has 0 amide bonds. The molecule has 2 saturated heterocycles. The number of hydrogen-bond donors (Lipinski definition) is 1. The van der Waals surface area contributed by atoms with Gasteiger partial charge in [0.25, 0.3) is 0 Å². The molecule has 2 fully saturated rings. The second-order valence-electron chi connectivity index (χ2n) is 12.4. The number of hydrogen-bond acceptors (Lipinski definition) is 9. The largest absolute Gasteiger partial charge is 0.456 e. The number of ether oxygens (including phenoxy) is 4. The van der Waals surface area contributed by atoms with E-state index in [1.807, 2.05) is 54.6 Å². The van der Waals surface area contributed by atoms with Crippen LogP contribution >= 0.6 is 11.6 Å². The van der Waals surface area contributed by atoms with Gasteiger partial charge in [0.05, 0.1) is 39.3 Å². The lowest BCUT2D eigenvalue weighted by Gasteiger charge is -2.19. The summed E-state index contributed by atoms with van der Waals surface area (Å²) in [7, 11) is -3.90. The van der Waals surface area contributed by atoms with E-state index in [1.54, 1.807) is 16.9 Å². The van der Waals surface area contributed by atoms with Crippen molar-refractivity contribution in [2.75, 3.05) is 26.1 Å². The van der Waals surface area contributed by atoms with E-state index in [-0.39, 0.29) is 26.0 Å². The molecule has 0 aliphatic carbocycles. The van der Waals surface area contributed by atoms with Crippen molar-refractivity contribution in [2.24, 2.45) is 4.36 Å². The van der Waals surface area contributed by atoms with E-state index in [2.05, 4.69) is 24.0 Å². The van der Waals surface area contributed by atoms with Crippen LogP contribution in [0.25, 0.3) is 22.4 Å². The van der Waals surface area contributed by atoms with Gasteiger partial charge in [0.15, 0.2) is 11.8 Å². The van der Waals surface area contributed by atoms with Crippen LogP contribution in [0.2, 0.25) is 30.7 Å². The maximum atomic E-state index is 13.3. The number of imidazole rings is 1. The third-order valence-electron chi connectivity index (χ3n) is 7.70. The minimum atomic E-state index is -2.61. The van der Waals surface area contributed by atoms with Gasteiger partial charge in [-0.1, -0.05) is 61.6 Å². The fraction of sp³-hybridized carbons (Fsp3) is 0.419. The summed E-state index contributed by atoms with van der Waals surface area (Å²) in [5.41, 5.74) is 3.05. The Morgan fingerprint density at radius 1 is 1.07 bits per heavy atom. The molecule has 6 rings (SSSR count). The minimum Gasteiger partial charge on any atom is -0.456 e. The highest BCUT2D eigenvalue weighted by atomic mass is 35.5. The maximum Gasteiger partial charge on any atom is 0.301 e. The molecule has 0 unspecified atom stereocenters. The van der Waals surface area contributed by atoms with Gasteiger partial charge in [0.1, 0.15) is 30.6 Å². The lowest BCUT2D eigenvalue weighted by Crippen LogP contribution is -2.35. The van der Waals surface area contributed by atoms with Crippen LogP contribution in [0.1, 0.15) is 0 Å².